The van der Waals surface area contributed by atoms with E-state index in [1.165, 1.54) is 0 Å². The van der Waals surface area contributed by atoms with Crippen molar-refractivity contribution < 1.29 is 13.5 Å². The van der Waals surface area contributed by atoms with E-state index >= 15 is 0 Å². The van der Waals surface area contributed by atoms with Crippen molar-refractivity contribution in [3.05, 3.63) is 0 Å². The minimum absolute atomic E-state index is 0.0671. The number of rotatable bonds is 3. The van der Waals surface area contributed by atoms with Crippen LogP contribution in [0.3, 0.4) is 0 Å². The highest BCUT2D eigenvalue weighted by Gasteiger charge is 1.97. The van der Waals surface area contributed by atoms with Gasteiger partial charge < -0.3 is 4.74 Å². The molecule has 0 aromatic rings. The van der Waals surface area contributed by atoms with Crippen molar-refractivity contribution in [1.82, 2.24) is 0 Å². The Morgan fingerprint density at radius 2 is 2.14 bits per heavy atom. The summed E-state index contributed by atoms with van der Waals surface area (Å²) in [4.78, 5) is 0. The molecule has 0 saturated heterocycles. The first-order valence-electron chi connectivity index (χ1n) is 1.73. The van der Waals surface area contributed by atoms with E-state index in [1.54, 1.807) is 0 Å². The third kappa shape index (κ3) is 6.30. The Balaban J connectivity index is 2.68. The molecule has 0 aliphatic rings. The lowest BCUT2D eigenvalue weighted by molar-refractivity contribution is -0.123. The molecule has 0 aliphatic carbocycles. The molecule has 4 heteroatoms. The molecular weight excluding hydrogens is 170 g/mol. The van der Waals surface area contributed by atoms with Gasteiger partial charge in [0.2, 0.25) is 0 Å². The molecule has 0 N–H and O–H groups in total. The monoisotopic (exact) mass is 174 g/mol. The quantitative estimate of drug-likeness (QED) is 0.592. The second-order valence-corrected chi connectivity index (χ2v) is 1.61. The van der Waals surface area contributed by atoms with Crippen LogP contribution in [0.4, 0.5) is 8.78 Å². The largest absolute Gasteiger partial charge is 0.345 e. The van der Waals surface area contributed by atoms with Crippen LogP contribution in [0.2, 0.25) is 0 Å². The summed E-state index contributed by atoms with van der Waals surface area (Å²) in [5.74, 6) is 0. The summed E-state index contributed by atoms with van der Waals surface area (Å²) >= 11 is 2.92. The van der Waals surface area contributed by atoms with Crippen molar-refractivity contribution in [2.45, 2.75) is 6.61 Å². The standard InChI is InChI=1S/C3H5BrF2O/c4-1-2-7-3(5)6/h3H,1-2H2. The second-order valence-electron chi connectivity index (χ2n) is 0.820. The SMILES string of the molecule is FC(F)OCCBr. The van der Waals surface area contributed by atoms with Gasteiger partial charge in [-0.25, -0.2) is 0 Å². The van der Waals surface area contributed by atoms with Gasteiger partial charge in [0.25, 0.3) is 0 Å². The van der Waals surface area contributed by atoms with Gasteiger partial charge in [0.05, 0.1) is 6.61 Å². The molecule has 1 nitrogen and oxygen atoms in total. The van der Waals surface area contributed by atoms with Crippen molar-refractivity contribution >= 4 is 15.9 Å². The summed E-state index contributed by atoms with van der Waals surface area (Å²) in [6.07, 6.45) is 0. The molecule has 0 unspecified atom stereocenters. The lowest BCUT2D eigenvalue weighted by Gasteiger charge is -1.95. The van der Waals surface area contributed by atoms with Crippen LogP contribution in [0, 0.1) is 0 Å². The van der Waals surface area contributed by atoms with Crippen LogP contribution in [-0.2, 0) is 4.74 Å². The van der Waals surface area contributed by atoms with Crippen LogP contribution in [0.25, 0.3) is 0 Å². The highest BCUT2D eigenvalue weighted by Crippen LogP contribution is 1.93. The first kappa shape index (κ1) is 7.30. The highest BCUT2D eigenvalue weighted by atomic mass is 79.9. The molecule has 0 fully saturated rings. The Labute approximate surface area is 48.8 Å². The molecule has 0 aromatic heterocycles. The minimum Gasteiger partial charge on any atom is -0.322 e. The van der Waals surface area contributed by atoms with Gasteiger partial charge in [-0.3, -0.25) is 0 Å². The van der Waals surface area contributed by atoms with Gasteiger partial charge in [-0.15, -0.1) is 0 Å². The fraction of sp³-hybridized carbons (Fsp3) is 1.00. The maximum absolute atomic E-state index is 11.0. The predicted octanol–water partition coefficient (Wildman–Crippen LogP) is 1.62. The Bertz CT molecular complexity index is 41.9. The van der Waals surface area contributed by atoms with Gasteiger partial charge in [0.1, 0.15) is 0 Å². The summed E-state index contributed by atoms with van der Waals surface area (Å²) in [6, 6.07) is 0. The average molecular weight is 175 g/mol. The molecular formula is C3H5BrF2O. The molecule has 7 heavy (non-hydrogen) atoms. The van der Waals surface area contributed by atoms with E-state index in [0.717, 1.165) is 0 Å². The third-order valence-corrected chi connectivity index (χ3v) is 0.645. The van der Waals surface area contributed by atoms with E-state index in [4.69, 9.17) is 0 Å². The van der Waals surface area contributed by atoms with E-state index in [2.05, 4.69) is 20.7 Å². The van der Waals surface area contributed by atoms with Crippen LogP contribution in [-0.4, -0.2) is 18.5 Å². The van der Waals surface area contributed by atoms with Crippen LogP contribution in [0.1, 0.15) is 0 Å². The molecule has 44 valence electrons. The Kier molecular flexibility index (Phi) is 4.65. The van der Waals surface area contributed by atoms with Gasteiger partial charge in [-0.05, 0) is 0 Å². The summed E-state index contributed by atoms with van der Waals surface area (Å²) in [6.45, 7) is -2.56. The molecule has 0 atom stereocenters. The number of hydrogen-bond donors (Lipinski definition) is 0. The lowest BCUT2D eigenvalue weighted by atomic mass is 10.9. The highest BCUT2D eigenvalue weighted by molar-refractivity contribution is 9.09. The van der Waals surface area contributed by atoms with Gasteiger partial charge >= 0.3 is 6.61 Å². The van der Waals surface area contributed by atoms with Gasteiger partial charge in [0.15, 0.2) is 0 Å². The third-order valence-electron chi connectivity index (χ3n) is 0.321. The van der Waals surface area contributed by atoms with E-state index in [0.29, 0.717) is 5.33 Å². The van der Waals surface area contributed by atoms with Crippen molar-refractivity contribution in [3.63, 3.8) is 0 Å². The molecule has 0 aromatic carbocycles. The zero-order valence-corrected chi connectivity index (χ0v) is 5.12. The zero-order valence-electron chi connectivity index (χ0n) is 3.53. The smallest absolute Gasteiger partial charge is 0.322 e. The number of hydrogen-bond acceptors (Lipinski definition) is 1. The van der Waals surface area contributed by atoms with Crippen molar-refractivity contribution in [2.75, 3.05) is 11.9 Å². The van der Waals surface area contributed by atoms with Crippen molar-refractivity contribution in [1.29, 1.82) is 0 Å². The van der Waals surface area contributed by atoms with Crippen LogP contribution in [0.15, 0.2) is 0 Å². The van der Waals surface area contributed by atoms with Gasteiger partial charge in [-0.1, -0.05) is 15.9 Å². The maximum atomic E-state index is 11.0. The Morgan fingerprint density at radius 3 is 2.29 bits per heavy atom. The normalized spacial score (nSPS) is 10.3. The van der Waals surface area contributed by atoms with E-state index < -0.39 is 6.61 Å². The Hall–Kier alpha value is 0.300. The van der Waals surface area contributed by atoms with E-state index in [9.17, 15) is 8.78 Å². The van der Waals surface area contributed by atoms with Gasteiger partial charge in [-0.2, -0.15) is 8.78 Å². The molecule has 0 rings (SSSR count). The average Bonchev–Trinajstić information content (AvgIpc) is 1.61. The molecule has 0 heterocycles. The van der Waals surface area contributed by atoms with Crippen LogP contribution < -0.4 is 0 Å². The molecule has 0 radical (unpaired) electrons. The first-order valence-corrected chi connectivity index (χ1v) is 2.85. The fourth-order valence-corrected chi connectivity index (χ4v) is 0.321. The molecule has 0 amide bonds. The summed E-state index contributed by atoms with van der Waals surface area (Å²) in [5, 5.41) is 0.456. The number of ether oxygens (including phenoxy) is 1. The number of halogens is 3. The fourth-order valence-electron chi connectivity index (χ4n) is 0.134. The molecule has 0 saturated carbocycles. The molecule has 0 aliphatic heterocycles. The predicted molar refractivity (Wildman–Crippen MR) is 25.7 cm³/mol. The zero-order chi connectivity index (χ0) is 5.70. The van der Waals surface area contributed by atoms with Crippen LogP contribution >= 0.6 is 15.9 Å². The topological polar surface area (TPSA) is 9.23 Å². The van der Waals surface area contributed by atoms with Crippen LogP contribution in [0.5, 0.6) is 0 Å². The minimum atomic E-state index is -2.63. The summed E-state index contributed by atoms with van der Waals surface area (Å²) < 4.78 is 25.8. The summed E-state index contributed by atoms with van der Waals surface area (Å²) in [5.41, 5.74) is 0. The molecule has 0 bridgehead atoms. The van der Waals surface area contributed by atoms with E-state index in [-0.39, 0.29) is 6.61 Å². The second kappa shape index (κ2) is 4.46. The van der Waals surface area contributed by atoms with Crippen molar-refractivity contribution in [2.24, 2.45) is 0 Å². The summed E-state index contributed by atoms with van der Waals surface area (Å²) in [7, 11) is 0. The van der Waals surface area contributed by atoms with E-state index in [1.807, 2.05) is 0 Å². The van der Waals surface area contributed by atoms with Gasteiger partial charge in [0, 0.05) is 5.33 Å². The van der Waals surface area contributed by atoms with Crippen molar-refractivity contribution in [3.8, 4) is 0 Å². The first-order chi connectivity index (χ1) is 3.27. The Morgan fingerprint density at radius 1 is 1.57 bits per heavy atom. The maximum Gasteiger partial charge on any atom is 0.345 e. The number of alkyl halides is 3. The lowest BCUT2D eigenvalue weighted by Crippen LogP contribution is -2.00. The molecule has 0 spiro atoms.